The molecule has 5 nitrogen and oxygen atoms in total. The molecule has 3 rings (SSSR count). The van der Waals surface area contributed by atoms with Gasteiger partial charge in [-0.15, -0.1) is 0 Å². The molecule has 0 N–H and O–H groups in total. The van der Waals surface area contributed by atoms with E-state index in [1.807, 2.05) is 18.2 Å². The molecule has 3 aromatic rings. The van der Waals surface area contributed by atoms with Gasteiger partial charge in [0.05, 0.1) is 5.56 Å². The van der Waals surface area contributed by atoms with Crippen LogP contribution < -0.4 is 0 Å². The maximum absolute atomic E-state index is 12.0. The van der Waals surface area contributed by atoms with E-state index in [4.69, 9.17) is 20.8 Å². The molecule has 6 heteroatoms. The molecule has 0 unspecified atom stereocenters. The topological polar surface area (TPSA) is 69.4 Å². The molecule has 2 aromatic heterocycles. The van der Waals surface area contributed by atoms with Gasteiger partial charge in [-0.05, 0) is 24.3 Å². The Morgan fingerprint density at radius 2 is 2.00 bits per heavy atom. The predicted octanol–water partition coefficient (Wildman–Crippen LogP) is 3.52. The minimum atomic E-state index is -0.645. The molecule has 0 amide bonds. The first-order valence-corrected chi connectivity index (χ1v) is 6.82. The summed E-state index contributed by atoms with van der Waals surface area (Å²) in [6.07, 6.45) is 1.29. The first-order valence-electron chi connectivity index (χ1n) is 6.44. The fourth-order valence-corrected chi connectivity index (χ4v) is 2.01. The summed E-state index contributed by atoms with van der Waals surface area (Å²) in [7, 11) is 0. The molecule has 22 heavy (non-hydrogen) atoms. The van der Waals surface area contributed by atoms with E-state index in [0.717, 1.165) is 5.39 Å². The van der Waals surface area contributed by atoms with Gasteiger partial charge in [-0.1, -0.05) is 29.8 Å². The van der Waals surface area contributed by atoms with Crippen LogP contribution in [0.15, 0.2) is 53.1 Å². The number of Topliss-reactive ketones (excluding diaryl/α,β-unsaturated/α-hetero) is 1. The largest absolute Gasteiger partial charge is 0.454 e. The maximum atomic E-state index is 12.0. The average molecular weight is 316 g/mol. The summed E-state index contributed by atoms with van der Waals surface area (Å²) in [5.41, 5.74) is 0.834. The Hall–Kier alpha value is -2.66. The van der Waals surface area contributed by atoms with Crippen LogP contribution in [0.25, 0.3) is 11.0 Å². The third kappa shape index (κ3) is 2.99. The number of rotatable bonds is 4. The van der Waals surface area contributed by atoms with E-state index < -0.39 is 18.4 Å². The molecule has 0 aliphatic rings. The lowest BCUT2D eigenvalue weighted by Gasteiger charge is -2.02. The minimum absolute atomic E-state index is 0.156. The molecule has 1 aromatic carbocycles. The number of ether oxygens (including phenoxy) is 1. The highest BCUT2D eigenvalue weighted by Crippen LogP contribution is 2.19. The molecule has 110 valence electrons. The minimum Gasteiger partial charge on any atom is -0.454 e. The van der Waals surface area contributed by atoms with Crippen molar-refractivity contribution in [3.8, 4) is 0 Å². The first kappa shape index (κ1) is 14.3. The van der Waals surface area contributed by atoms with Gasteiger partial charge in [0.2, 0.25) is 5.78 Å². The molecule has 0 aliphatic heterocycles. The third-order valence-electron chi connectivity index (χ3n) is 3.00. The van der Waals surface area contributed by atoms with Crippen molar-refractivity contribution < 1.29 is 18.7 Å². The van der Waals surface area contributed by atoms with E-state index in [2.05, 4.69) is 4.98 Å². The lowest BCUT2D eigenvalue weighted by atomic mass is 10.2. The normalized spacial score (nSPS) is 10.6. The number of carbonyl (C=O) groups excluding carboxylic acids is 2. The maximum Gasteiger partial charge on any atom is 0.340 e. The summed E-state index contributed by atoms with van der Waals surface area (Å²) in [5, 5.41) is 1.09. The molecule has 0 spiro atoms. The molecule has 0 atom stereocenters. The molecule has 0 aliphatic carbocycles. The number of para-hydroxylation sites is 1. The standard InChI is InChI=1S/C16H10ClNO4/c17-15-6-5-11(8-18-15)16(20)21-9-12(19)14-7-10-3-1-2-4-13(10)22-14/h1-8H,9H2. The fourth-order valence-electron chi connectivity index (χ4n) is 1.90. The van der Waals surface area contributed by atoms with E-state index in [9.17, 15) is 9.59 Å². The number of esters is 1. The summed E-state index contributed by atoms with van der Waals surface area (Å²) in [6, 6.07) is 11.8. The third-order valence-corrected chi connectivity index (χ3v) is 3.22. The number of aromatic nitrogens is 1. The Bertz CT molecular complexity index is 806. The fraction of sp³-hybridized carbons (Fsp3) is 0.0625. The van der Waals surface area contributed by atoms with Gasteiger partial charge >= 0.3 is 5.97 Å². The number of carbonyl (C=O) groups is 2. The van der Waals surface area contributed by atoms with Gasteiger partial charge in [0.25, 0.3) is 0 Å². The second kappa shape index (κ2) is 5.99. The van der Waals surface area contributed by atoms with E-state index in [1.54, 1.807) is 12.1 Å². The van der Waals surface area contributed by atoms with Crippen LogP contribution in [0.3, 0.4) is 0 Å². The zero-order valence-electron chi connectivity index (χ0n) is 11.3. The number of halogens is 1. The Kier molecular flexibility index (Phi) is 3.89. The summed E-state index contributed by atoms with van der Waals surface area (Å²) >= 11 is 5.63. The second-order valence-corrected chi connectivity index (χ2v) is 4.90. The van der Waals surface area contributed by atoms with Crippen LogP contribution in [-0.2, 0) is 4.74 Å². The number of fused-ring (bicyclic) bond motifs is 1. The van der Waals surface area contributed by atoms with Crippen molar-refractivity contribution >= 4 is 34.3 Å². The van der Waals surface area contributed by atoms with Crippen LogP contribution in [0, 0.1) is 0 Å². The van der Waals surface area contributed by atoms with Gasteiger partial charge in [0, 0.05) is 11.6 Å². The van der Waals surface area contributed by atoms with E-state index in [1.165, 1.54) is 18.3 Å². The predicted molar refractivity (Wildman–Crippen MR) is 80.1 cm³/mol. The van der Waals surface area contributed by atoms with Crippen molar-refractivity contribution in [1.29, 1.82) is 0 Å². The SMILES string of the molecule is O=C(OCC(=O)c1cc2ccccc2o1)c1ccc(Cl)nc1. The van der Waals surface area contributed by atoms with Crippen LogP contribution in [0.5, 0.6) is 0 Å². The van der Waals surface area contributed by atoms with Crippen LogP contribution >= 0.6 is 11.6 Å². The molecule has 2 heterocycles. The van der Waals surface area contributed by atoms with Crippen LogP contribution in [0.2, 0.25) is 5.15 Å². The van der Waals surface area contributed by atoms with Crippen molar-refractivity contribution in [3.63, 3.8) is 0 Å². The lowest BCUT2D eigenvalue weighted by molar-refractivity contribution is 0.0468. The number of pyridine rings is 1. The van der Waals surface area contributed by atoms with Crippen LogP contribution in [0.4, 0.5) is 0 Å². The molecular weight excluding hydrogens is 306 g/mol. The van der Waals surface area contributed by atoms with Gasteiger partial charge in [-0.2, -0.15) is 0 Å². The van der Waals surface area contributed by atoms with Gasteiger partial charge in [0.1, 0.15) is 10.7 Å². The summed E-state index contributed by atoms with van der Waals surface area (Å²) in [5.74, 6) is -0.900. The highest BCUT2D eigenvalue weighted by Gasteiger charge is 2.15. The molecule has 0 fully saturated rings. The second-order valence-electron chi connectivity index (χ2n) is 4.52. The average Bonchev–Trinajstić information content (AvgIpc) is 2.97. The molecular formula is C16H10ClNO4. The van der Waals surface area contributed by atoms with Gasteiger partial charge in [-0.25, -0.2) is 9.78 Å². The lowest BCUT2D eigenvalue weighted by Crippen LogP contribution is -2.13. The van der Waals surface area contributed by atoms with Crippen molar-refractivity contribution in [2.45, 2.75) is 0 Å². The molecule has 0 saturated heterocycles. The highest BCUT2D eigenvalue weighted by molar-refractivity contribution is 6.29. The van der Waals surface area contributed by atoms with Gasteiger partial charge in [-0.3, -0.25) is 4.79 Å². The molecule has 0 bridgehead atoms. The number of hydrogen-bond acceptors (Lipinski definition) is 5. The summed E-state index contributed by atoms with van der Waals surface area (Å²) in [6.45, 7) is -0.402. The summed E-state index contributed by atoms with van der Waals surface area (Å²) in [4.78, 5) is 27.5. The van der Waals surface area contributed by atoms with Crippen molar-refractivity contribution in [2.24, 2.45) is 0 Å². The number of benzene rings is 1. The monoisotopic (exact) mass is 315 g/mol. The first-order chi connectivity index (χ1) is 10.6. The van der Waals surface area contributed by atoms with Gasteiger partial charge < -0.3 is 9.15 Å². The molecule has 0 saturated carbocycles. The van der Waals surface area contributed by atoms with E-state index >= 15 is 0 Å². The Balaban J connectivity index is 1.66. The Labute approximate surface area is 130 Å². The quantitative estimate of drug-likeness (QED) is 0.418. The summed E-state index contributed by atoms with van der Waals surface area (Å²) < 4.78 is 10.4. The Morgan fingerprint density at radius 3 is 2.73 bits per heavy atom. The highest BCUT2D eigenvalue weighted by atomic mass is 35.5. The van der Waals surface area contributed by atoms with Crippen molar-refractivity contribution in [3.05, 3.63) is 65.1 Å². The zero-order valence-corrected chi connectivity index (χ0v) is 12.0. The smallest absolute Gasteiger partial charge is 0.340 e. The van der Waals surface area contributed by atoms with Crippen molar-refractivity contribution in [2.75, 3.05) is 6.61 Å². The van der Waals surface area contributed by atoms with E-state index in [0.29, 0.717) is 5.58 Å². The molecule has 0 radical (unpaired) electrons. The van der Waals surface area contributed by atoms with E-state index in [-0.39, 0.29) is 16.5 Å². The number of hydrogen-bond donors (Lipinski definition) is 0. The number of furan rings is 1. The van der Waals surface area contributed by atoms with Crippen molar-refractivity contribution in [1.82, 2.24) is 4.98 Å². The number of ketones is 1. The van der Waals surface area contributed by atoms with Crippen LogP contribution in [-0.4, -0.2) is 23.3 Å². The zero-order chi connectivity index (χ0) is 15.5. The number of nitrogens with zero attached hydrogens (tertiary/aromatic N) is 1. The Morgan fingerprint density at radius 1 is 1.18 bits per heavy atom. The van der Waals surface area contributed by atoms with Crippen LogP contribution in [0.1, 0.15) is 20.9 Å². The van der Waals surface area contributed by atoms with Gasteiger partial charge in [0.15, 0.2) is 12.4 Å².